The molecule has 0 saturated carbocycles. The third-order valence-electron chi connectivity index (χ3n) is 6.56. The molecule has 0 fully saturated rings. The fourth-order valence-electron chi connectivity index (χ4n) is 4.63. The Kier molecular flexibility index (Phi) is 5.81. The minimum absolute atomic E-state index is 0.159. The second-order valence-electron chi connectivity index (χ2n) is 8.61. The summed E-state index contributed by atoms with van der Waals surface area (Å²) in [6.45, 7) is 3.78. The van der Waals surface area contributed by atoms with Gasteiger partial charge < -0.3 is 0 Å². The second-order valence-corrected chi connectivity index (χ2v) is 8.61. The molecule has 5 rings (SSSR count). The Morgan fingerprint density at radius 2 is 0.941 bits per heavy atom. The summed E-state index contributed by atoms with van der Waals surface area (Å²) < 4.78 is 0. The summed E-state index contributed by atoms with van der Waals surface area (Å²) in [5, 5.41) is 4.71. The second kappa shape index (κ2) is 9.07. The molecule has 0 N–H and O–H groups in total. The molecule has 0 amide bonds. The van der Waals surface area contributed by atoms with E-state index in [-0.39, 0.29) is 11.6 Å². The van der Waals surface area contributed by atoms with Crippen LogP contribution < -0.4 is 0 Å². The largest absolute Gasteiger partial charge is 0.294 e. The van der Waals surface area contributed by atoms with Gasteiger partial charge in [-0.05, 0) is 55.9 Å². The van der Waals surface area contributed by atoms with Crippen molar-refractivity contribution < 1.29 is 9.59 Å². The maximum atomic E-state index is 12.0. The van der Waals surface area contributed by atoms with Crippen molar-refractivity contribution in [3.8, 4) is 22.3 Å². The van der Waals surface area contributed by atoms with Gasteiger partial charge in [-0.15, -0.1) is 0 Å². The average molecular weight is 443 g/mol. The molecule has 2 heteroatoms. The molecule has 0 spiro atoms. The lowest BCUT2D eigenvalue weighted by Gasteiger charge is -2.12. The zero-order valence-corrected chi connectivity index (χ0v) is 19.5. The normalized spacial score (nSPS) is 11.1. The lowest BCUT2D eigenvalue weighted by Crippen LogP contribution is -1.95. The van der Waals surface area contributed by atoms with Gasteiger partial charge in [0.2, 0.25) is 0 Å². The summed E-state index contributed by atoms with van der Waals surface area (Å²) in [5.74, 6) is 0.318. The number of fused-ring (bicyclic) bond motifs is 2. The molecule has 5 aromatic rings. The van der Waals surface area contributed by atoms with Crippen molar-refractivity contribution in [2.45, 2.75) is 26.7 Å². The molecular weight excluding hydrogens is 416 g/mol. The first-order valence-electron chi connectivity index (χ1n) is 11.8. The molecule has 0 radical (unpaired) electrons. The molecule has 166 valence electrons. The van der Waals surface area contributed by atoms with Crippen LogP contribution in [0.5, 0.6) is 0 Å². The molecule has 5 aromatic carbocycles. The zero-order valence-electron chi connectivity index (χ0n) is 19.5. The van der Waals surface area contributed by atoms with Gasteiger partial charge in [0.25, 0.3) is 0 Å². The Balaban J connectivity index is 1.66. The van der Waals surface area contributed by atoms with Crippen LogP contribution in [-0.2, 0) is 0 Å². The van der Waals surface area contributed by atoms with Crippen LogP contribution in [-0.4, -0.2) is 11.6 Å². The van der Waals surface area contributed by atoms with E-state index in [1.165, 1.54) is 21.5 Å². The molecule has 0 unspecified atom stereocenters. The first-order chi connectivity index (χ1) is 16.6. The number of hydrogen-bond donors (Lipinski definition) is 0. The maximum absolute atomic E-state index is 12.0. The Morgan fingerprint density at radius 1 is 0.529 bits per heavy atom. The molecule has 0 bridgehead atoms. The van der Waals surface area contributed by atoms with Crippen LogP contribution in [0.25, 0.3) is 43.8 Å². The minimum atomic E-state index is 0.159. The van der Waals surface area contributed by atoms with E-state index in [0.29, 0.717) is 12.8 Å². The number of hydrogen-bond acceptors (Lipinski definition) is 2. The average Bonchev–Trinajstić information content (AvgIpc) is 2.90. The predicted octanol–water partition coefficient (Wildman–Crippen LogP) is 8.51. The van der Waals surface area contributed by atoms with Crippen LogP contribution >= 0.6 is 0 Å². The molecule has 0 aliphatic heterocycles. The van der Waals surface area contributed by atoms with Gasteiger partial charge in [-0.2, -0.15) is 0 Å². The van der Waals surface area contributed by atoms with E-state index in [4.69, 9.17) is 0 Å². The molecule has 0 aliphatic rings. The molecule has 0 saturated heterocycles. The Morgan fingerprint density at radius 3 is 1.32 bits per heavy atom. The lowest BCUT2D eigenvalue weighted by atomic mass is 9.91. The van der Waals surface area contributed by atoms with E-state index >= 15 is 0 Å². The van der Waals surface area contributed by atoms with E-state index in [9.17, 15) is 9.59 Å². The van der Waals surface area contributed by atoms with E-state index < -0.39 is 0 Å². The first kappa shape index (κ1) is 21.8. The molecular formula is C32H26O2. The fraction of sp³-hybridized carbons (Fsp3) is 0.125. The number of benzene rings is 5. The SMILES string of the molecule is CCC(=O)c1ccc(-c2cccc3cc4cccc(-c5ccc(C(=O)CC)cc5)c4cc23)cc1. The first-order valence-corrected chi connectivity index (χ1v) is 11.8. The maximum Gasteiger partial charge on any atom is 0.162 e. The van der Waals surface area contributed by atoms with Crippen LogP contribution in [0.2, 0.25) is 0 Å². The van der Waals surface area contributed by atoms with Gasteiger partial charge in [-0.1, -0.05) is 98.8 Å². The summed E-state index contributed by atoms with van der Waals surface area (Å²) >= 11 is 0. The van der Waals surface area contributed by atoms with E-state index in [2.05, 4.69) is 48.5 Å². The minimum Gasteiger partial charge on any atom is -0.294 e. The van der Waals surface area contributed by atoms with Crippen LogP contribution in [0.3, 0.4) is 0 Å². The summed E-state index contributed by atoms with van der Waals surface area (Å²) in [7, 11) is 0. The molecule has 0 heterocycles. The van der Waals surface area contributed by atoms with Crippen molar-refractivity contribution in [3.05, 3.63) is 108 Å². The summed E-state index contributed by atoms with van der Waals surface area (Å²) in [5.41, 5.74) is 5.99. The fourth-order valence-corrected chi connectivity index (χ4v) is 4.63. The van der Waals surface area contributed by atoms with E-state index in [0.717, 1.165) is 33.4 Å². The van der Waals surface area contributed by atoms with Crippen LogP contribution in [0, 0.1) is 0 Å². The summed E-state index contributed by atoms with van der Waals surface area (Å²) in [4.78, 5) is 24.1. The lowest BCUT2D eigenvalue weighted by molar-refractivity contribution is 0.0980. The van der Waals surface area contributed by atoms with E-state index in [1.54, 1.807) is 0 Å². The summed E-state index contributed by atoms with van der Waals surface area (Å²) in [6, 6.07) is 33.1. The number of Topliss-reactive ketones (excluding diaryl/α,β-unsaturated/α-hetero) is 2. The van der Waals surface area contributed by atoms with Crippen molar-refractivity contribution in [1.82, 2.24) is 0 Å². The van der Waals surface area contributed by atoms with Gasteiger partial charge in [0.05, 0.1) is 0 Å². The highest BCUT2D eigenvalue weighted by Gasteiger charge is 2.11. The summed E-state index contributed by atoms with van der Waals surface area (Å²) in [6.07, 6.45) is 1.02. The van der Waals surface area contributed by atoms with Crippen molar-refractivity contribution >= 4 is 33.1 Å². The van der Waals surface area contributed by atoms with Crippen molar-refractivity contribution in [3.63, 3.8) is 0 Å². The number of rotatable bonds is 6. The third-order valence-corrected chi connectivity index (χ3v) is 6.56. The Labute approximate surface area is 199 Å². The zero-order chi connectivity index (χ0) is 23.7. The molecule has 0 aromatic heterocycles. The number of carbonyl (C=O) groups excluding carboxylic acids is 2. The van der Waals surface area contributed by atoms with Crippen molar-refractivity contribution in [2.24, 2.45) is 0 Å². The standard InChI is InChI=1S/C32H26O2/c1-3-31(33)23-15-11-21(12-16-23)27-9-5-7-25-19-26-8-6-10-28(30(26)20-29(25)27)22-13-17-24(18-14-22)32(34)4-2/h5-20H,3-4H2,1-2H3. The van der Waals surface area contributed by atoms with Crippen LogP contribution in [0.15, 0.2) is 97.1 Å². The Hall–Kier alpha value is -4.04. The smallest absolute Gasteiger partial charge is 0.162 e. The molecule has 2 nitrogen and oxygen atoms in total. The van der Waals surface area contributed by atoms with Gasteiger partial charge in [-0.25, -0.2) is 0 Å². The number of carbonyl (C=O) groups is 2. The third kappa shape index (κ3) is 3.92. The van der Waals surface area contributed by atoms with Crippen molar-refractivity contribution in [1.29, 1.82) is 0 Å². The van der Waals surface area contributed by atoms with Crippen molar-refractivity contribution in [2.75, 3.05) is 0 Å². The Bertz CT molecular complexity index is 1410. The van der Waals surface area contributed by atoms with Gasteiger partial charge in [0.15, 0.2) is 11.6 Å². The van der Waals surface area contributed by atoms with Crippen LogP contribution in [0.1, 0.15) is 47.4 Å². The monoisotopic (exact) mass is 442 g/mol. The van der Waals surface area contributed by atoms with E-state index in [1.807, 2.05) is 62.4 Å². The van der Waals surface area contributed by atoms with Gasteiger partial charge >= 0.3 is 0 Å². The topological polar surface area (TPSA) is 34.1 Å². The predicted molar refractivity (Wildman–Crippen MR) is 142 cm³/mol. The van der Waals surface area contributed by atoms with Crippen LogP contribution in [0.4, 0.5) is 0 Å². The highest BCUT2D eigenvalue weighted by atomic mass is 16.1. The van der Waals surface area contributed by atoms with Gasteiger partial charge in [0.1, 0.15) is 0 Å². The highest BCUT2D eigenvalue weighted by Crippen LogP contribution is 2.36. The molecule has 0 aliphatic carbocycles. The highest BCUT2D eigenvalue weighted by molar-refractivity contribution is 6.09. The number of ketones is 2. The quantitative estimate of drug-likeness (QED) is 0.195. The van der Waals surface area contributed by atoms with Gasteiger partial charge in [0, 0.05) is 24.0 Å². The van der Waals surface area contributed by atoms with Gasteiger partial charge in [-0.3, -0.25) is 9.59 Å². The molecule has 34 heavy (non-hydrogen) atoms. The molecule has 0 atom stereocenters.